The molecule has 0 spiro atoms. The number of nitrogen functional groups attached to an aromatic ring is 1. The van der Waals surface area contributed by atoms with Gasteiger partial charge in [-0.05, 0) is 12.8 Å². The zero-order valence-electron chi connectivity index (χ0n) is 10.2. The minimum absolute atomic E-state index is 0.158. The number of hydrogen-bond donors (Lipinski definition) is 2. The highest BCUT2D eigenvalue weighted by Gasteiger charge is 2.12. The molecule has 1 heterocycles. The molecule has 6 nitrogen and oxygen atoms in total. The molecule has 3 N–H and O–H groups in total. The third-order valence-electron chi connectivity index (χ3n) is 2.67. The van der Waals surface area contributed by atoms with Crippen LogP contribution in [0.25, 0.3) is 0 Å². The van der Waals surface area contributed by atoms with Crippen molar-refractivity contribution in [2.45, 2.75) is 33.2 Å². The molecule has 0 aromatic carbocycles. The number of anilines is 2. The summed E-state index contributed by atoms with van der Waals surface area (Å²) >= 11 is 0. The molecule has 1 rings (SSSR count). The third-order valence-corrected chi connectivity index (χ3v) is 2.67. The smallest absolute Gasteiger partial charge is 0.322 e. The Kier molecular flexibility index (Phi) is 4.28. The van der Waals surface area contributed by atoms with Crippen molar-refractivity contribution in [2.24, 2.45) is 5.92 Å². The van der Waals surface area contributed by atoms with Gasteiger partial charge in [0.1, 0.15) is 0 Å². The van der Waals surface area contributed by atoms with Crippen LogP contribution in [0.3, 0.4) is 0 Å². The van der Waals surface area contributed by atoms with Gasteiger partial charge in [-0.15, -0.1) is 0 Å². The van der Waals surface area contributed by atoms with Crippen molar-refractivity contribution in [3.05, 3.63) is 0 Å². The largest absolute Gasteiger partial charge is 0.467 e. The minimum Gasteiger partial charge on any atom is -0.467 e. The van der Waals surface area contributed by atoms with Gasteiger partial charge in [-0.25, -0.2) is 0 Å². The van der Waals surface area contributed by atoms with Gasteiger partial charge in [0.05, 0.1) is 7.11 Å². The Morgan fingerprint density at radius 1 is 1.31 bits per heavy atom. The standard InChI is InChI=1S/C10H19N5O/c1-5-6(2)7(3)12-9-13-8(11)14-10(15-9)16-4/h6-7H,5H2,1-4H3,(H3,11,12,13,14,15). The molecule has 0 radical (unpaired) electrons. The van der Waals surface area contributed by atoms with Crippen molar-refractivity contribution < 1.29 is 4.74 Å². The number of methoxy groups -OCH3 is 1. The lowest BCUT2D eigenvalue weighted by Crippen LogP contribution is -2.24. The van der Waals surface area contributed by atoms with E-state index in [0.29, 0.717) is 11.9 Å². The van der Waals surface area contributed by atoms with Gasteiger partial charge < -0.3 is 15.8 Å². The van der Waals surface area contributed by atoms with Gasteiger partial charge in [0.25, 0.3) is 0 Å². The molecule has 0 aliphatic carbocycles. The molecule has 0 saturated heterocycles. The second-order valence-electron chi connectivity index (χ2n) is 3.82. The molecule has 0 aliphatic heterocycles. The second-order valence-corrected chi connectivity index (χ2v) is 3.82. The summed E-state index contributed by atoms with van der Waals surface area (Å²) in [6.45, 7) is 6.39. The van der Waals surface area contributed by atoms with Gasteiger partial charge in [-0.3, -0.25) is 0 Å². The van der Waals surface area contributed by atoms with Crippen LogP contribution < -0.4 is 15.8 Å². The molecular weight excluding hydrogens is 206 g/mol. The lowest BCUT2D eigenvalue weighted by atomic mass is 10.0. The summed E-state index contributed by atoms with van der Waals surface area (Å²) in [5.41, 5.74) is 5.54. The first-order valence-electron chi connectivity index (χ1n) is 5.38. The maximum atomic E-state index is 5.54. The zero-order chi connectivity index (χ0) is 12.1. The number of nitrogens with one attached hydrogen (secondary N) is 1. The van der Waals surface area contributed by atoms with Crippen LogP contribution in [-0.4, -0.2) is 28.1 Å². The van der Waals surface area contributed by atoms with Gasteiger partial charge >= 0.3 is 6.01 Å². The highest BCUT2D eigenvalue weighted by atomic mass is 16.5. The quantitative estimate of drug-likeness (QED) is 0.785. The van der Waals surface area contributed by atoms with Crippen LogP contribution in [0, 0.1) is 5.92 Å². The van der Waals surface area contributed by atoms with Crippen molar-refractivity contribution in [2.75, 3.05) is 18.2 Å². The summed E-state index contributed by atoms with van der Waals surface area (Å²) in [5, 5.41) is 3.19. The fourth-order valence-electron chi connectivity index (χ4n) is 1.23. The van der Waals surface area contributed by atoms with Crippen molar-refractivity contribution in [1.82, 2.24) is 15.0 Å². The van der Waals surface area contributed by atoms with Crippen LogP contribution in [0.4, 0.5) is 11.9 Å². The Morgan fingerprint density at radius 2 is 2.00 bits per heavy atom. The molecule has 6 heteroatoms. The van der Waals surface area contributed by atoms with E-state index >= 15 is 0 Å². The number of ether oxygens (including phenoxy) is 1. The van der Waals surface area contributed by atoms with E-state index < -0.39 is 0 Å². The van der Waals surface area contributed by atoms with Gasteiger partial charge in [-0.1, -0.05) is 20.3 Å². The van der Waals surface area contributed by atoms with E-state index in [1.54, 1.807) is 0 Å². The summed E-state index contributed by atoms with van der Waals surface area (Å²) in [7, 11) is 1.50. The van der Waals surface area contributed by atoms with Crippen LogP contribution in [0.1, 0.15) is 27.2 Å². The van der Waals surface area contributed by atoms with Gasteiger partial charge in [0.15, 0.2) is 0 Å². The highest BCUT2D eigenvalue weighted by molar-refractivity contribution is 5.33. The average molecular weight is 225 g/mol. The first-order valence-corrected chi connectivity index (χ1v) is 5.38. The second kappa shape index (κ2) is 5.48. The maximum Gasteiger partial charge on any atom is 0.322 e. The lowest BCUT2D eigenvalue weighted by molar-refractivity contribution is 0.379. The minimum atomic E-state index is 0.158. The van der Waals surface area contributed by atoms with Crippen LogP contribution in [0.2, 0.25) is 0 Å². The Morgan fingerprint density at radius 3 is 2.56 bits per heavy atom. The number of aromatic nitrogens is 3. The molecular formula is C10H19N5O. The fourth-order valence-corrected chi connectivity index (χ4v) is 1.23. The Bertz CT molecular complexity index is 344. The van der Waals surface area contributed by atoms with E-state index in [2.05, 4.69) is 41.0 Å². The predicted octanol–water partition coefficient (Wildman–Crippen LogP) is 1.31. The maximum absolute atomic E-state index is 5.54. The molecule has 0 aliphatic rings. The summed E-state index contributed by atoms with van der Waals surface area (Å²) in [6, 6.07) is 0.503. The van der Waals surface area contributed by atoms with E-state index in [-0.39, 0.29) is 18.0 Å². The molecule has 1 aromatic heterocycles. The third kappa shape index (κ3) is 3.22. The van der Waals surface area contributed by atoms with Gasteiger partial charge in [0, 0.05) is 6.04 Å². The summed E-state index contributed by atoms with van der Waals surface area (Å²) in [6.07, 6.45) is 1.09. The van der Waals surface area contributed by atoms with Crippen LogP contribution in [0.5, 0.6) is 6.01 Å². The van der Waals surface area contributed by atoms with Crippen LogP contribution in [-0.2, 0) is 0 Å². The molecule has 2 unspecified atom stereocenters. The molecule has 90 valence electrons. The Labute approximate surface area is 95.6 Å². The van der Waals surface area contributed by atoms with E-state index in [9.17, 15) is 0 Å². The van der Waals surface area contributed by atoms with E-state index in [1.807, 2.05) is 0 Å². The monoisotopic (exact) mass is 225 g/mol. The molecule has 2 atom stereocenters. The van der Waals surface area contributed by atoms with E-state index in [0.717, 1.165) is 6.42 Å². The van der Waals surface area contributed by atoms with Gasteiger partial charge in [-0.2, -0.15) is 15.0 Å². The lowest BCUT2D eigenvalue weighted by Gasteiger charge is -2.19. The highest BCUT2D eigenvalue weighted by Crippen LogP contribution is 2.14. The summed E-state index contributed by atoms with van der Waals surface area (Å²) in [4.78, 5) is 11.9. The fraction of sp³-hybridized carbons (Fsp3) is 0.700. The van der Waals surface area contributed by atoms with E-state index in [4.69, 9.17) is 10.5 Å². The average Bonchev–Trinajstić information content (AvgIpc) is 2.26. The zero-order valence-corrected chi connectivity index (χ0v) is 10.2. The van der Waals surface area contributed by atoms with Crippen molar-refractivity contribution in [3.8, 4) is 6.01 Å². The first kappa shape index (κ1) is 12.5. The summed E-state index contributed by atoms with van der Waals surface area (Å²) < 4.78 is 4.92. The van der Waals surface area contributed by atoms with Gasteiger partial charge in [0.2, 0.25) is 11.9 Å². The molecule has 1 aromatic rings. The molecule has 0 amide bonds. The van der Waals surface area contributed by atoms with E-state index in [1.165, 1.54) is 7.11 Å². The normalized spacial score (nSPS) is 14.2. The summed E-state index contributed by atoms with van der Waals surface area (Å²) in [5.74, 6) is 1.15. The predicted molar refractivity (Wildman–Crippen MR) is 63.3 cm³/mol. The van der Waals surface area contributed by atoms with Crippen molar-refractivity contribution >= 4 is 11.9 Å². The molecule has 16 heavy (non-hydrogen) atoms. The number of nitrogens with zero attached hydrogens (tertiary/aromatic N) is 3. The van der Waals surface area contributed by atoms with Crippen LogP contribution in [0.15, 0.2) is 0 Å². The Balaban J connectivity index is 2.76. The number of rotatable bonds is 5. The molecule has 0 bridgehead atoms. The van der Waals surface area contributed by atoms with Crippen molar-refractivity contribution in [1.29, 1.82) is 0 Å². The Hall–Kier alpha value is -1.59. The van der Waals surface area contributed by atoms with Crippen LogP contribution >= 0.6 is 0 Å². The molecule has 0 fully saturated rings. The number of nitrogens with two attached hydrogens (primary N) is 1. The SMILES string of the molecule is CCC(C)C(C)Nc1nc(N)nc(OC)n1. The molecule has 0 saturated carbocycles. The topological polar surface area (TPSA) is 86.0 Å². The van der Waals surface area contributed by atoms with Crippen molar-refractivity contribution in [3.63, 3.8) is 0 Å². The first-order chi connectivity index (χ1) is 7.56. The number of hydrogen-bond acceptors (Lipinski definition) is 6.